The molecule has 41 heavy (non-hydrogen) atoms. The molecule has 4 heterocycles. The first-order chi connectivity index (χ1) is 19.3. The molecule has 0 spiro atoms. The summed E-state index contributed by atoms with van der Waals surface area (Å²) in [6.07, 6.45) is 16.2. The molecule has 0 aliphatic carbocycles. The van der Waals surface area contributed by atoms with Gasteiger partial charge in [-0.05, 0) is 93.3 Å². The fourth-order valence-electron chi connectivity index (χ4n) is 8.89. The molecular weight excluding hydrogens is 502 g/mol. The van der Waals surface area contributed by atoms with Crippen molar-refractivity contribution in [3.63, 3.8) is 0 Å². The molecule has 0 aromatic carbocycles. The van der Waals surface area contributed by atoms with Gasteiger partial charge in [0.1, 0.15) is 11.7 Å². The van der Waals surface area contributed by atoms with Gasteiger partial charge < -0.3 is 15.5 Å². The Morgan fingerprint density at radius 1 is 0.756 bits per heavy atom. The summed E-state index contributed by atoms with van der Waals surface area (Å²) in [5, 5.41) is 0. The summed E-state index contributed by atoms with van der Waals surface area (Å²) in [5.41, 5.74) is 7.80. The number of nitrogens with two attached hydrogens (primary N) is 1. The largest absolute Gasteiger partial charge is 0.360 e. The standard InChI is InChI=1S/C36H67N5/c1-9-29(27-33(2,3)26-28-16-10-12-22-40-24-14-20-38-31(28)40)35(6,7)34(4,5)18-19-36(8,37)30-17-11-13-23-41-25-15-21-39-32(30)41/h28-30H,9-27,37H2,1-8H3. The van der Waals surface area contributed by atoms with Gasteiger partial charge in [0.05, 0.1) is 0 Å². The fourth-order valence-corrected chi connectivity index (χ4v) is 8.89. The van der Waals surface area contributed by atoms with Gasteiger partial charge in [0.15, 0.2) is 0 Å². The number of aliphatic imine (C=N–C) groups is 2. The fraction of sp³-hybridized carbons (Fsp3) is 0.944. The van der Waals surface area contributed by atoms with Crippen LogP contribution in [0, 0.1) is 34.0 Å². The van der Waals surface area contributed by atoms with Crippen molar-refractivity contribution in [1.82, 2.24) is 9.80 Å². The van der Waals surface area contributed by atoms with Gasteiger partial charge in [-0.1, -0.05) is 67.7 Å². The molecule has 0 aromatic rings. The Morgan fingerprint density at radius 2 is 1.32 bits per heavy atom. The van der Waals surface area contributed by atoms with E-state index in [0.29, 0.717) is 23.2 Å². The van der Waals surface area contributed by atoms with Crippen molar-refractivity contribution >= 4 is 11.7 Å². The lowest BCUT2D eigenvalue weighted by atomic mass is 9.55. The number of rotatable bonds is 11. The van der Waals surface area contributed by atoms with E-state index in [9.17, 15) is 0 Å². The van der Waals surface area contributed by atoms with Crippen molar-refractivity contribution in [2.24, 2.45) is 49.7 Å². The zero-order chi connectivity index (χ0) is 29.9. The van der Waals surface area contributed by atoms with Crippen LogP contribution in [0.15, 0.2) is 9.98 Å². The Morgan fingerprint density at radius 3 is 1.95 bits per heavy atom. The van der Waals surface area contributed by atoms with Crippen molar-refractivity contribution in [2.75, 3.05) is 39.3 Å². The maximum absolute atomic E-state index is 7.28. The highest BCUT2D eigenvalue weighted by molar-refractivity contribution is 5.87. The van der Waals surface area contributed by atoms with Crippen LogP contribution in [0.5, 0.6) is 0 Å². The first-order valence-electron chi connectivity index (χ1n) is 17.6. The topological polar surface area (TPSA) is 57.2 Å². The molecule has 5 nitrogen and oxygen atoms in total. The second-order valence-corrected chi connectivity index (χ2v) is 16.7. The summed E-state index contributed by atoms with van der Waals surface area (Å²) in [4.78, 5) is 15.4. The zero-order valence-electron chi connectivity index (χ0n) is 28.5. The first-order valence-corrected chi connectivity index (χ1v) is 17.6. The third kappa shape index (κ3) is 7.71. The van der Waals surface area contributed by atoms with E-state index in [0.717, 1.165) is 19.5 Å². The first kappa shape index (κ1) is 32.8. The average molecular weight is 570 g/mol. The van der Waals surface area contributed by atoms with Crippen LogP contribution in [-0.4, -0.2) is 66.3 Å². The van der Waals surface area contributed by atoms with E-state index in [1.807, 2.05) is 0 Å². The summed E-state index contributed by atoms with van der Waals surface area (Å²) < 4.78 is 0. The van der Waals surface area contributed by atoms with Crippen LogP contribution in [0.2, 0.25) is 0 Å². The van der Waals surface area contributed by atoms with Crippen molar-refractivity contribution < 1.29 is 0 Å². The molecule has 0 radical (unpaired) electrons. The lowest BCUT2D eigenvalue weighted by molar-refractivity contribution is -0.00185. The van der Waals surface area contributed by atoms with Gasteiger partial charge in [-0.3, -0.25) is 9.98 Å². The Labute approximate surface area is 254 Å². The maximum atomic E-state index is 7.28. The minimum atomic E-state index is -0.209. The van der Waals surface area contributed by atoms with E-state index in [4.69, 9.17) is 15.7 Å². The molecule has 4 aliphatic heterocycles. The number of amidine groups is 2. The Bertz CT molecular complexity index is 913. The lowest BCUT2D eigenvalue weighted by Gasteiger charge is -2.51. The lowest BCUT2D eigenvalue weighted by Crippen LogP contribution is -2.53. The molecule has 236 valence electrons. The number of nitrogens with zero attached hydrogens (tertiary/aromatic N) is 4. The van der Waals surface area contributed by atoms with Gasteiger partial charge >= 0.3 is 0 Å². The SMILES string of the molecule is CCC(CC(C)(C)CC1CCCCN2CCCN=C12)C(C)(C)C(C)(C)CCC(C)(N)C1CCCCN2CCCN=C12. The predicted octanol–water partition coefficient (Wildman–Crippen LogP) is 8.18. The summed E-state index contributed by atoms with van der Waals surface area (Å²) in [5.74, 6) is 4.51. The molecule has 0 saturated carbocycles. The van der Waals surface area contributed by atoms with Gasteiger partial charge in [-0.2, -0.15) is 0 Å². The molecule has 4 atom stereocenters. The zero-order valence-corrected chi connectivity index (χ0v) is 28.5. The molecular formula is C36H67N5. The van der Waals surface area contributed by atoms with Crippen molar-refractivity contribution in [3.05, 3.63) is 0 Å². The molecule has 5 heteroatoms. The van der Waals surface area contributed by atoms with E-state index in [1.165, 1.54) is 115 Å². The highest BCUT2D eigenvalue weighted by Gasteiger charge is 2.46. The predicted molar refractivity (Wildman–Crippen MR) is 178 cm³/mol. The van der Waals surface area contributed by atoms with Crippen LogP contribution in [0.1, 0.15) is 139 Å². The maximum Gasteiger partial charge on any atom is 0.104 e. The molecule has 0 aromatic heterocycles. The summed E-state index contributed by atoms with van der Waals surface area (Å²) in [6, 6.07) is 0. The number of fused-ring (bicyclic) bond motifs is 2. The summed E-state index contributed by atoms with van der Waals surface area (Å²) >= 11 is 0. The molecule has 4 rings (SSSR count). The molecule has 2 N–H and O–H groups in total. The van der Waals surface area contributed by atoms with Crippen molar-refractivity contribution in [2.45, 2.75) is 144 Å². The van der Waals surface area contributed by atoms with Gasteiger partial charge in [0, 0.05) is 56.6 Å². The third-order valence-corrected chi connectivity index (χ3v) is 12.4. The number of hydrogen-bond acceptors (Lipinski definition) is 5. The summed E-state index contributed by atoms with van der Waals surface area (Å²) in [7, 11) is 0. The average Bonchev–Trinajstić information content (AvgIpc) is 3.27. The highest BCUT2D eigenvalue weighted by atomic mass is 15.2. The van der Waals surface area contributed by atoms with Gasteiger partial charge in [-0.15, -0.1) is 0 Å². The van der Waals surface area contributed by atoms with Crippen LogP contribution in [0.3, 0.4) is 0 Å². The van der Waals surface area contributed by atoms with E-state index in [1.54, 1.807) is 0 Å². The van der Waals surface area contributed by atoms with Crippen LogP contribution < -0.4 is 5.73 Å². The summed E-state index contributed by atoms with van der Waals surface area (Å²) in [6.45, 7) is 26.9. The minimum Gasteiger partial charge on any atom is -0.360 e. The van der Waals surface area contributed by atoms with E-state index >= 15 is 0 Å². The van der Waals surface area contributed by atoms with Gasteiger partial charge in [0.25, 0.3) is 0 Å². The van der Waals surface area contributed by atoms with E-state index in [2.05, 4.69) is 65.2 Å². The Hall–Kier alpha value is -1.10. The smallest absolute Gasteiger partial charge is 0.104 e. The van der Waals surface area contributed by atoms with E-state index < -0.39 is 0 Å². The molecule has 0 amide bonds. The molecule has 4 aliphatic rings. The van der Waals surface area contributed by atoms with Crippen LogP contribution in [-0.2, 0) is 0 Å². The quantitative estimate of drug-likeness (QED) is 0.273. The Kier molecular flexibility index (Phi) is 10.6. The van der Waals surface area contributed by atoms with Crippen LogP contribution in [0.4, 0.5) is 0 Å². The number of hydrogen-bond donors (Lipinski definition) is 1. The molecule has 2 fully saturated rings. The second kappa shape index (κ2) is 13.3. The van der Waals surface area contributed by atoms with Gasteiger partial charge in [0.2, 0.25) is 0 Å². The molecule has 2 saturated heterocycles. The van der Waals surface area contributed by atoms with Crippen LogP contribution in [0.25, 0.3) is 0 Å². The third-order valence-electron chi connectivity index (χ3n) is 12.4. The van der Waals surface area contributed by atoms with Crippen molar-refractivity contribution in [1.29, 1.82) is 0 Å². The Balaban J connectivity index is 1.42. The normalized spacial score (nSPS) is 27.0. The highest BCUT2D eigenvalue weighted by Crippen LogP contribution is 2.53. The molecule has 4 unspecified atom stereocenters. The van der Waals surface area contributed by atoms with E-state index in [-0.39, 0.29) is 16.4 Å². The molecule has 0 bridgehead atoms. The minimum absolute atomic E-state index is 0.204. The van der Waals surface area contributed by atoms with Crippen molar-refractivity contribution in [3.8, 4) is 0 Å². The van der Waals surface area contributed by atoms with Crippen LogP contribution >= 0.6 is 0 Å². The second-order valence-electron chi connectivity index (χ2n) is 16.7. The monoisotopic (exact) mass is 570 g/mol. The van der Waals surface area contributed by atoms with Gasteiger partial charge in [-0.25, -0.2) is 0 Å².